The number of methoxy groups -OCH3 is 1. The largest absolute Gasteiger partial charge is 0.497 e. The third-order valence-corrected chi connectivity index (χ3v) is 6.45. The Morgan fingerprint density at radius 1 is 1.06 bits per heavy atom. The molecule has 0 bridgehead atoms. The first-order chi connectivity index (χ1) is 15.1. The minimum atomic E-state index is 0.101. The van der Waals surface area contributed by atoms with Crippen LogP contribution in [-0.2, 0) is 0 Å². The summed E-state index contributed by atoms with van der Waals surface area (Å²) in [5.41, 5.74) is 2.81. The summed E-state index contributed by atoms with van der Waals surface area (Å²) in [6, 6.07) is 15.6. The number of nitrogens with zero attached hydrogens (tertiary/aromatic N) is 3. The molecule has 3 aromatic rings. The molecular formula is C24H23N3O3S. The molecule has 0 unspecified atom stereocenters. The van der Waals surface area contributed by atoms with E-state index < -0.39 is 0 Å². The van der Waals surface area contributed by atoms with E-state index in [1.807, 2.05) is 65.7 Å². The minimum Gasteiger partial charge on any atom is -0.497 e. The maximum Gasteiger partial charge on any atom is 0.264 e. The van der Waals surface area contributed by atoms with Crippen LogP contribution in [0, 0.1) is 6.92 Å². The van der Waals surface area contributed by atoms with Gasteiger partial charge in [-0.2, -0.15) is 0 Å². The Bertz CT molecular complexity index is 1150. The number of rotatable bonds is 2. The Balaban J connectivity index is 1.47. The average molecular weight is 434 g/mol. The Morgan fingerprint density at radius 3 is 2.65 bits per heavy atom. The highest BCUT2D eigenvalue weighted by Crippen LogP contribution is 2.40. The first-order valence-corrected chi connectivity index (χ1v) is 11.1. The van der Waals surface area contributed by atoms with E-state index in [4.69, 9.17) is 14.5 Å². The van der Waals surface area contributed by atoms with Gasteiger partial charge in [-0.05, 0) is 54.3 Å². The second kappa shape index (κ2) is 8.07. The molecular weight excluding hydrogens is 410 g/mol. The van der Waals surface area contributed by atoms with Crippen LogP contribution in [-0.4, -0.2) is 54.8 Å². The normalized spacial score (nSPS) is 15.4. The molecule has 158 valence electrons. The van der Waals surface area contributed by atoms with E-state index in [1.54, 1.807) is 7.11 Å². The predicted octanol–water partition coefficient (Wildman–Crippen LogP) is 4.71. The third-order valence-electron chi connectivity index (χ3n) is 5.59. The lowest BCUT2D eigenvalue weighted by molar-refractivity contribution is 0.0697. The van der Waals surface area contributed by atoms with Crippen molar-refractivity contribution in [3.63, 3.8) is 0 Å². The molecule has 1 amide bonds. The second-order valence-electron chi connectivity index (χ2n) is 7.63. The van der Waals surface area contributed by atoms with Gasteiger partial charge in [0.15, 0.2) is 5.75 Å². The maximum absolute atomic E-state index is 12.7. The molecule has 0 aliphatic carbocycles. The van der Waals surface area contributed by atoms with Crippen molar-refractivity contribution < 1.29 is 14.3 Å². The fourth-order valence-electron chi connectivity index (χ4n) is 3.91. The van der Waals surface area contributed by atoms with Crippen LogP contribution >= 0.6 is 11.3 Å². The van der Waals surface area contributed by atoms with Gasteiger partial charge in [-0.3, -0.25) is 4.79 Å². The van der Waals surface area contributed by atoms with Gasteiger partial charge in [0.1, 0.15) is 23.0 Å². The Hall–Kier alpha value is -3.32. The Morgan fingerprint density at radius 2 is 1.90 bits per heavy atom. The molecule has 7 heteroatoms. The molecule has 3 heterocycles. The molecule has 1 fully saturated rings. The Kier molecular flexibility index (Phi) is 5.11. The van der Waals surface area contributed by atoms with Gasteiger partial charge >= 0.3 is 0 Å². The van der Waals surface area contributed by atoms with E-state index in [1.165, 1.54) is 11.3 Å². The molecule has 31 heavy (non-hydrogen) atoms. The number of thiophene rings is 1. The number of aryl methyl sites for hydroxylation is 1. The number of fused-ring (bicyclic) bond motifs is 2. The summed E-state index contributed by atoms with van der Waals surface area (Å²) in [4.78, 5) is 22.7. The van der Waals surface area contributed by atoms with Gasteiger partial charge in [0.2, 0.25) is 0 Å². The van der Waals surface area contributed by atoms with Crippen LogP contribution < -0.4 is 9.47 Å². The Labute approximate surface area is 185 Å². The SMILES string of the molecule is COc1ccc2c(c1)C(N1CCN(C(=O)c3cccs3)CC1)=Nc1ccc(C)cc1O2. The van der Waals surface area contributed by atoms with Crippen molar-refractivity contribution in [2.75, 3.05) is 33.3 Å². The summed E-state index contributed by atoms with van der Waals surface area (Å²) in [6.07, 6.45) is 0. The number of hydrogen-bond acceptors (Lipinski definition) is 6. The smallest absolute Gasteiger partial charge is 0.264 e. The number of amidine groups is 1. The number of carbonyl (C=O) groups is 1. The summed E-state index contributed by atoms with van der Waals surface area (Å²) in [7, 11) is 1.66. The summed E-state index contributed by atoms with van der Waals surface area (Å²) in [5.74, 6) is 3.20. The van der Waals surface area contributed by atoms with Crippen LogP contribution in [0.1, 0.15) is 20.8 Å². The first-order valence-electron chi connectivity index (χ1n) is 10.3. The number of carbonyl (C=O) groups excluding carboxylic acids is 1. The molecule has 1 aromatic heterocycles. The van der Waals surface area contributed by atoms with Crippen LogP contribution in [0.4, 0.5) is 5.69 Å². The summed E-state index contributed by atoms with van der Waals surface area (Å²) in [6.45, 7) is 4.74. The molecule has 0 spiro atoms. The number of ether oxygens (including phenoxy) is 2. The van der Waals surface area contributed by atoms with Crippen molar-refractivity contribution in [2.24, 2.45) is 4.99 Å². The van der Waals surface area contributed by atoms with Gasteiger partial charge in [0, 0.05) is 26.2 Å². The third kappa shape index (κ3) is 3.77. The molecule has 5 rings (SSSR count). The van der Waals surface area contributed by atoms with Crippen LogP contribution in [0.15, 0.2) is 58.9 Å². The molecule has 0 saturated carbocycles. The molecule has 2 aliphatic heterocycles. The fourth-order valence-corrected chi connectivity index (χ4v) is 4.60. The van der Waals surface area contributed by atoms with Gasteiger partial charge in [0.25, 0.3) is 5.91 Å². The van der Waals surface area contributed by atoms with E-state index in [-0.39, 0.29) is 5.91 Å². The molecule has 0 N–H and O–H groups in total. The molecule has 0 radical (unpaired) electrons. The van der Waals surface area contributed by atoms with Crippen LogP contribution in [0.5, 0.6) is 17.2 Å². The van der Waals surface area contributed by atoms with Gasteiger partial charge < -0.3 is 19.3 Å². The van der Waals surface area contributed by atoms with Crippen molar-refractivity contribution >= 4 is 28.8 Å². The lowest BCUT2D eigenvalue weighted by Crippen LogP contribution is -2.50. The standard InChI is InChI=1S/C24H23N3O3S/c1-16-5-7-19-21(14-16)30-20-8-6-17(29-2)15-18(20)23(25-19)26-9-11-27(12-10-26)24(28)22-4-3-13-31-22/h3-8,13-15H,9-12H2,1-2H3. The molecule has 6 nitrogen and oxygen atoms in total. The van der Waals surface area contributed by atoms with E-state index >= 15 is 0 Å². The molecule has 2 aliphatic rings. The fraction of sp³-hybridized carbons (Fsp3) is 0.250. The zero-order valence-corrected chi connectivity index (χ0v) is 18.3. The topological polar surface area (TPSA) is 54.4 Å². The molecule has 2 aromatic carbocycles. The average Bonchev–Trinajstić information content (AvgIpc) is 3.28. The van der Waals surface area contributed by atoms with E-state index in [0.717, 1.165) is 44.8 Å². The number of benzene rings is 2. The lowest BCUT2D eigenvalue weighted by Gasteiger charge is -2.36. The highest BCUT2D eigenvalue weighted by molar-refractivity contribution is 7.12. The highest BCUT2D eigenvalue weighted by Gasteiger charge is 2.28. The van der Waals surface area contributed by atoms with Crippen molar-refractivity contribution in [1.29, 1.82) is 0 Å². The summed E-state index contributed by atoms with van der Waals surface area (Å²) in [5, 5.41) is 1.94. The van der Waals surface area contributed by atoms with Crippen LogP contribution in [0.3, 0.4) is 0 Å². The number of hydrogen-bond donors (Lipinski definition) is 0. The van der Waals surface area contributed by atoms with Gasteiger partial charge in [-0.25, -0.2) is 4.99 Å². The zero-order chi connectivity index (χ0) is 21.4. The van der Waals surface area contributed by atoms with Crippen molar-refractivity contribution in [2.45, 2.75) is 6.92 Å². The highest BCUT2D eigenvalue weighted by atomic mass is 32.1. The van der Waals surface area contributed by atoms with Crippen molar-refractivity contribution in [3.8, 4) is 17.2 Å². The van der Waals surface area contributed by atoms with Gasteiger partial charge in [0.05, 0.1) is 17.6 Å². The lowest BCUT2D eigenvalue weighted by atomic mass is 10.1. The predicted molar refractivity (Wildman–Crippen MR) is 122 cm³/mol. The zero-order valence-electron chi connectivity index (χ0n) is 17.5. The van der Waals surface area contributed by atoms with Crippen molar-refractivity contribution in [1.82, 2.24) is 9.80 Å². The molecule has 0 atom stereocenters. The first kappa shape index (κ1) is 19.6. The number of aliphatic imine (C=N–C) groups is 1. The number of amides is 1. The maximum atomic E-state index is 12.7. The van der Waals surface area contributed by atoms with E-state index in [2.05, 4.69) is 4.90 Å². The summed E-state index contributed by atoms with van der Waals surface area (Å²) >= 11 is 1.49. The van der Waals surface area contributed by atoms with Crippen LogP contribution in [0.25, 0.3) is 0 Å². The second-order valence-corrected chi connectivity index (χ2v) is 8.57. The van der Waals surface area contributed by atoms with Crippen molar-refractivity contribution in [3.05, 3.63) is 69.9 Å². The van der Waals surface area contributed by atoms with Gasteiger partial charge in [-0.1, -0.05) is 12.1 Å². The quantitative estimate of drug-likeness (QED) is 0.588. The summed E-state index contributed by atoms with van der Waals surface area (Å²) < 4.78 is 11.7. The van der Waals surface area contributed by atoms with Gasteiger partial charge in [-0.15, -0.1) is 11.3 Å². The minimum absolute atomic E-state index is 0.101. The monoisotopic (exact) mass is 433 g/mol. The number of piperazine rings is 1. The molecule has 1 saturated heterocycles. The van der Waals surface area contributed by atoms with Crippen LogP contribution in [0.2, 0.25) is 0 Å². The van der Waals surface area contributed by atoms with E-state index in [9.17, 15) is 4.79 Å². The van der Waals surface area contributed by atoms with E-state index in [0.29, 0.717) is 26.2 Å².